The van der Waals surface area contributed by atoms with Gasteiger partial charge in [-0.05, 0) is 155 Å². The number of hydrogen-bond acceptors (Lipinski definition) is 11. The largest absolute Gasteiger partial charge is 0.497 e. The first-order valence-electron chi connectivity index (χ1n) is 21.9. The minimum absolute atomic E-state index is 0.0139. The number of benzene rings is 8. The Bertz CT molecular complexity index is 3350. The van der Waals surface area contributed by atoms with Gasteiger partial charge in [0.25, 0.3) is 0 Å². The molecule has 0 fully saturated rings. The molecule has 0 unspecified atom stereocenters. The van der Waals surface area contributed by atoms with Crippen LogP contribution in [-0.2, 0) is 44.9 Å². The maximum Gasteiger partial charge on any atom is 0.206 e. The summed E-state index contributed by atoms with van der Waals surface area (Å²) in [5, 5.41) is 1.91. The van der Waals surface area contributed by atoms with Crippen LogP contribution >= 0.6 is 10.9 Å². The SMILES string of the molecule is COc1ccc(C(C)(C)c2ccc(COc3ccc(S(=O)(=O)c4ccc(COc5ccc6ccc(COc7ccc(S(=O)(=O)c8ccc(C)cc8)cc7)cc6c5)c(C)c4)cc3S(O)(O)O)cc2)cc1. The monoisotopic (exact) mass is 984 g/mol. The third-order valence-electron chi connectivity index (χ3n) is 12.2. The van der Waals surface area contributed by atoms with Crippen LogP contribution in [0.25, 0.3) is 10.8 Å². The molecule has 0 radical (unpaired) electrons. The van der Waals surface area contributed by atoms with E-state index in [1.165, 1.54) is 36.4 Å². The van der Waals surface area contributed by atoms with Crippen molar-refractivity contribution in [3.8, 4) is 23.0 Å². The van der Waals surface area contributed by atoms with Gasteiger partial charge < -0.3 is 32.6 Å². The molecule has 8 aromatic carbocycles. The van der Waals surface area contributed by atoms with Crippen LogP contribution in [0.15, 0.2) is 194 Å². The van der Waals surface area contributed by atoms with Gasteiger partial charge in [-0.25, -0.2) is 16.8 Å². The summed E-state index contributed by atoms with van der Waals surface area (Å²) in [6.07, 6.45) is 0. The van der Waals surface area contributed by atoms with Gasteiger partial charge in [-0.2, -0.15) is 0 Å². The van der Waals surface area contributed by atoms with Gasteiger partial charge in [0.05, 0.1) is 26.7 Å². The Labute approximate surface area is 405 Å². The first-order chi connectivity index (χ1) is 32.8. The molecule has 0 bridgehead atoms. The maximum absolute atomic E-state index is 13.9. The molecule has 0 saturated carbocycles. The van der Waals surface area contributed by atoms with Crippen molar-refractivity contribution in [1.82, 2.24) is 0 Å². The second-order valence-corrected chi connectivity index (χ2v) is 22.6. The lowest BCUT2D eigenvalue weighted by molar-refractivity contribution is 0.291. The third kappa shape index (κ3) is 11.0. The van der Waals surface area contributed by atoms with Crippen molar-refractivity contribution in [2.24, 2.45) is 0 Å². The molecule has 0 aromatic heterocycles. The first-order valence-corrected chi connectivity index (χ1v) is 26.3. The van der Waals surface area contributed by atoms with E-state index in [9.17, 15) is 30.5 Å². The van der Waals surface area contributed by atoms with E-state index in [-0.39, 0.29) is 50.6 Å². The Morgan fingerprint density at radius 3 is 1.61 bits per heavy atom. The summed E-state index contributed by atoms with van der Waals surface area (Å²) in [4.78, 5) is -0.315. The summed E-state index contributed by atoms with van der Waals surface area (Å²) in [5.74, 6) is 1.83. The quantitative estimate of drug-likeness (QED) is 0.0795. The molecule has 0 spiro atoms. The molecule has 0 aliphatic heterocycles. The van der Waals surface area contributed by atoms with Gasteiger partial charge in [0.1, 0.15) is 58.6 Å². The lowest BCUT2D eigenvalue weighted by Crippen LogP contribution is -2.18. The molecule has 3 N–H and O–H groups in total. The van der Waals surface area contributed by atoms with Gasteiger partial charge in [-0.1, -0.05) is 92.2 Å². The highest BCUT2D eigenvalue weighted by Gasteiger charge is 2.28. The van der Waals surface area contributed by atoms with E-state index in [0.717, 1.165) is 56.0 Å². The molecule has 0 amide bonds. The number of rotatable bonds is 17. The van der Waals surface area contributed by atoms with Gasteiger partial charge in [0.15, 0.2) is 0 Å². The highest BCUT2D eigenvalue weighted by Crippen LogP contribution is 2.50. The summed E-state index contributed by atoms with van der Waals surface area (Å²) < 4.78 is 109. The number of ether oxygens (including phenoxy) is 4. The van der Waals surface area contributed by atoms with Crippen molar-refractivity contribution >= 4 is 41.3 Å². The van der Waals surface area contributed by atoms with Crippen molar-refractivity contribution in [2.75, 3.05) is 7.11 Å². The van der Waals surface area contributed by atoms with Crippen LogP contribution in [0.2, 0.25) is 0 Å². The third-order valence-corrected chi connectivity index (χ3v) is 16.6. The standard InChI is InChI=1S/C55H52O11S3/c1-37-6-23-49(24-7-37)67(56,57)50-26-21-47(22-27-50)64-35-40-8-11-41-12-18-48(32-43(41)31-40)65-36-42-13-25-51(30-38(42)2)68(58,59)52-28-29-53(54(33-52)69(60,61)62)66-34-39-9-14-44(15-10-39)55(3,4)45-16-19-46(63-5)20-17-45/h6-33,60-62H,34-36H2,1-5H3. The van der Waals surface area contributed by atoms with Crippen LogP contribution in [0.3, 0.4) is 0 Å². The molecule has 69 heavy (non-hydrogen) atoms. The van der Waals surface area contributed by atoms with E-state index in [2.05, 4.69) is 13.8 Å². The molecule has 11 nitrogen and oxygen atoms in total. The Morgan fingerprint density at radius 1 is 0.464 bits per heavy atom. The summed E-state index contributed by atoms with van der Waals surface area (Å²) in [5.41, 5.74) is 5.92. The van der Waals surface area contributed by atoms with Crippen LogP contribution in [0.4, 0.5) is 0 Å². The fourth-order valence-corrected chi connectivity index (χ4v) is 11.2. The average Bonchev–Trinajstić information content (AvgIpc) is 3.34. The fourth-order valence-electron chi connectivity index (χ4n) is 7.83. The maximum atomic E-state index is 13.9. The van der Waals surface area contributed by atoms with Crippen molar-refractivity contribution < 1.29 is 49.4 Å². The smallest absolute Gasteiger partial charge is 0.206 e. The van der Waals surface area contributed by atoms with Crippen LogP contribution in [0.5, 0.6) is 23.0 Å². The Morgan fingerprint density at radius 2 is 0.971 bits per heavy atom. The molecular weight excluding hydrogens is 933 g/mol. The van der Waals surface area contributed by atoms with Gasteiger partial charge in [-0.15, -0.1) is 0 Å². The second-order valence-electron chi connectivity index (χ2n) is 17.3. The topological polar surface area (TPSA) is 166 Å². The summed E-state index contributed by atoms with van der Waals surface area (Å²) in [6, 6.07) is 48.8. The minimum atomic E-state index is -4.40. The molecule has 0 heterocycles. The minimum Gasteiger partial charge on any atom is -0.497 e. The molecule has 0 atom stereocenters. The number of aryl methyl sites for hydroxylation is 2. The van der Waals surface area contributed by atoms with E-state index < -0.39 is 35.4 Å². The number of fused-ring (bicyclic) bond motifs is 1. The highest BCUT2D eigenvalue weighted by atomic mass is 32.3. The normalized spacial score (nSPS) is 12.4. The van der Waals surface area contributed by atoms with E-state index in [0.29, 0.717) is 17.1 Å². The zero-order valence-corrected chi connectivity index (χ0v) is 41.1. The molecule has 14 heteroatoms. The number of hydrogen-bond donors (Lipinski definition) is 3. The molecule has 8 aromatic rings. The molecule has 0 aliphatic carbocycles. The number of sulfone groups is 2. The van der Waals surface area contributed by atoms with Gasteiger partial charge in [0, 0.05) is 5.41 Å². The van der Waals surface area contributed by atoms with E-state index in [1.54, 1.807) is 56.5 Å². The van der Waals surface area contributed by atoms with Crippen molar-refractivity contribution in [3.05, 3.63) is 209 Å². The van der Waals surface area contributed by atoms with Gasteiger partial charge in [-0.3, -0.25) is 0 Å². The van der Waals surface area contributed by atoms with E-state index >= 15 is 0 Å². The Hall–Kier alpha value is -6.65. The van der Waals surface area contributed by atoms with E-state index in [4.69, 9.17) is 18.9 Å². The summed E-state index contributed by atoms with van der Waals surface area (Å²) >= 11 is 0. The van der Waals surface area contributed by atoms with Crippen molar-refractivity contribution in [3.63, 3.8) is 0 Å². The summed E-state index contributed by atoms with van der Waals surface area (Å²) in [7, 11) is -10.6. The zero-order chi connectivity index (χ0) is 49.1. The Kier molecular flexibility index (Phi) is 14.0. The lowest BCUT2D eigenvalue weighted by atomic mass is 9.78. The summed E-state index contributed by atoms with van der Waals surface area (Å²) in [6.45, 7) is 8.35. The molecule has 356 valence electrons. The van der Waals surface area contributed by atoms with Crippen molar-refractivity contribution in [2.45, 2.75) is 77.4 Å². The Balaban J connectivity index is 0.896. The first kappa shape index (κ1) is 48.8. The molecule has 0 aliphatic rings. The van der Waals surface area contributed by atoms with Gasteiger partial charge >= 0.3 is 0 Å². The number of methoxy groups -OCH3 is 1. The average molecular weight is 985 g/mol. The highest BCUT2D eigenvalue weighted by molar-refractivity contribution is 8.19. The molecule has 8 rings (SSSR count). The van der Waals surface area contributed by atoms with E-state index in [1.807, 2.05) is 91.9 Å². The van der Waals surface area contributed by atoms with Gasteiger partial charge in [0.2, 0.25) is 19.7 Å². The lowest BCUT2D eigenvalue weighted by Gasteiger charge is -2.26. The zero-order valence-electron chi connectivity index (χ0n) is 38.6. The fraction of sp³-hybridized carbons (Fsp3) is 0.164. The van der Waals surface area contributed by atoms with Crippen molar-refractivity contribution in [1.29, 1.82) is 0 Å². The van der Waals surface area contributed by atoms with Crippen LogP contribution in [-0.4, -0.2) is 37.6 Å². The molecule has 0 saturated heterocycles. The predicted octanol–water partition coefficient (Wildman–Crippen LogP) is 12.8. The second kappa shape index (κ2) is 19.8. The van der Waals surface area contributed by atoms with Crippen LogP contribution in [0, 0.1) is 13.8 Å². The molecular formula is C55H52O11S3. The van der Waals surface area contributed by atoms with Crippen LogP contribution < -0.4 is 18.9 Å². The predicted molar refractivity (Wildman–Crippen MR) is 268 cm³/mol. The van der Waals surface area contributed by atoms with Crippen LogP contribution in [0.1, 0.15) is 52.8 Å².